The van der Waals surface area contributed by atoms with Crippen molar-refractivity contribution in [1.82, 2.24) is 0 Å². The van der Waals surface area contributed by atoms with E-state index in [2.05, 4.69) is 130 Å². The van der Waals surface area contributed by atoms with Gasteiger partial charge in [-0.05, 0) is 88.5 Å². The van der Waals surface area contributed by atoms with E-state index in [1.807, 2.05) is 0 Å². The van der Waals surface area contributed by atoms with E-state index < -0.39 is 0 Å². The van der Waals surface area contributed by atoms with E-state index in [0.717, 1.165) is 0 Å². The monoisotopic (exact) mass is 464 g/mol. The van der Waals surface area contributed by atoms with Gasteiger partial charge in [0.25, 0.3) is 0 Å². The third kappa shape index (κ3) is 2.99. The fraction of sp³-hybridized carbons (Fsp3) is 0.171. The van der Waals surface area contributed by atoms with Crippen molar-refractivity contribution in [3.05, 3.63) is 147 Å². The second kappa shape index (κ2) is 7.77. The fourth-order valence-corrected chi connectivity index (χ4v) is 6.67. The Labute approximate surface area is 213 Å². The van der Waals surface area contributed by atoms with Gasteiger partial charge >= 0.3 is 0 Å². The zero-order valence-electron chi connectivity index (χ0n) is 21.3. The SMILES string of the molecule is Cc1ccc2c(c1)C1c3ccccc3C2c2cc(-c3cc[n+](C)c(-c4ccccc4C)c3)c(C)cc21. The largest absolute Gasteiger partial charge is 0.213 e. The molecule has 1 heterocycles. The van der Waals surface area contributed by atoms with Crippen LogP contribution >= 0.6 is 0 Å². The maximum Gasteiger partial charge on any atom is 0.213 e. The van der Waals surface area contributed by atoms with Gasteiger partial charge in [0.05, 0.1) is 0 Å². The molecule has 4 aromatic carbocycles. The molecule has 0 saturated heterocycles. The molecule has 174 valence electrons. The molecule has 0 spiro atoms. The number of rotatable bonds is 2. The van der Waals surface area contributed by atoms with E-state index >= 15 is 0 Å². The third-order valence-corrected chi connectivity index (χ3v) is 8.42. The van der Waals surface area contributed by atoms with Crippen LogP contribution in [0.25, 0.3) is 22.4 Å². The predicted molar refractivity (Wildman–Crippen MR) is 147 cm³/mol. The summed E-state index contributed by atoms with van der Waals surface area (Å²) in [5.74, 6) is 0.617. The third-order valence-electron chi connectivity index (χ3n) is 8.42. The second-order valence-corrected chi connectivity index (χ2v) is 10.6. The van der Waals surface area contributed by atoms with Gasteiger partial charge in [-0.1, -0.05) is 72.3 Å². The van der Waals surface area contributed by atoms with E-state index in [1.54, 1.807) is 0 Å². The first-order chi connectivity index (χ1) is 17.5. The van der Waals surface area contributed by atoms with Crippen LogP contribution in [0.4, 0.5) is 0 Å². The molecule has 36 heavy (non-hydrogen) atoms. The highest BCUT2D eigenvalue weighted by Crippen LogP contribution is 2.56. The normalized spacial score (nSPS) is 16.9. The van der Waals surface area contributed by atoms with Crippen LogP contribution in [0.2, 0.25) is 0 Å². The van der Waals surface area contributed by atoms with Crippen molar-refractivity contribution < 1.29 is 4.57 Å². The number of aryl methyl sites for hydroxylation is 4. The van der Waals surface area contributed by atoms with Gasteiger partial charge in [0.1, 0.15) is 7.05 Å². The van der Waals surface area contributed by atoms with Crippen molar-refractivity contribution in [2.75, 3.05) is 0 Å². The molecule has 0 radical (unpaired) electrons. The molecule has 2 atom stereocenters. The van der Waals surface area contributed by atoms with Gasteiger partial charge in [-0.2, -0.15) is 0 Å². The molecule has 0 N–H and O–H groups in total. The molecule has 8 rings (SSSR count). The Morgan fingerprint density at radius 2 is 1.17 bits per heavy atom. The molecule has 0 fully saturated rings. The quantitative estimate of drug-likeness (QED) is 0.230. The molecule has 0 saturated carbocycles. The Bertz CT molecular complexity index is 1690. The van der Waals surface area contributed by atoms with E-state index in [-0.39, 0.29) is 0 Å². The van der Waals surface area contributed by atoms with E-state index in [1.165, 1.54) is 72.5 Å². The molecular weight excluding hydrogens is 434 g/mol. The van der Waals surface area contributed by atoms with Crippen LogP contribution in [0.5, 0.6) is 0 Å². The molecule has 1 aromatic heterocycles. The molecule has 0 amide bonds. The molecule has 2 unspecified atom stereocenters. The molecule has 5 aromatic rings. The summed E-state index contributed by atoms with van der Waals surface area (Å²) < 4.78 is 2.23. The Hall–Kier alpha value is -3.97. The van der Waals surface area contributed by atoms with Gasteiger partial charge in [0.2, 0.25) is 5.69 Å². The lowest BCUT2D eigenvalue weighted by Gasteiger charge is -2.43. The fourth-order valence-electron chi connectivity index (χ4n) is 6.67. The van der Waals surface area contributed by atoms with E-state index in [9.17, 15) is 0 Å². The zero-order valence-corrected chi connectivity index (χ0v) is 21.3. The molecule has 0 aliphatic heterocycles. The van der Waals surface area contributed by atoms with E-state index in [4.69, 9.17) is 0 Å². The summed E-state index contributed by atoms with van der Waals surface area (Å²) in [6.07, 6.45) is 2.20. The van der Waals surface area contributed by atoms with Crippen molar-refractivity contribution in [1.29, 1.82) is 0 Å². The van der Waals surface area contributed by atoms with Gasteiger partial charge < -0.3 is 0 Å². The first-order valence-corrected chi connectivity index (χ1v) is 12.9. The van der Waals surface area contributed by atoms with E-state index in [0.29, 0.717) is 11.8 Å². The molecule has 2 bridgehead atoms. The van der Waals surface area contributed by atoms with Crippen molar-refractivity contribution >= 4 is 0 Å². The number of aromatic nitrogens is 1. The lowest BCUT2D eigenvalue weighted by molar-refractivity contribution is -0.660. The first-order valence-electron chi connectivity index (χ1n) is 12.9. The number of nitrogens with zero attached hydrogens (tertiary/aromatic N) is 1. The second-order valence-electron chi connectivity index (χ2n) is 10.6. The highest BCUT2D eigenvalue weighted by molar-refractivity contribution is 5.77. The number of pyridine rings is 1. The highest BCUT2D eigenvalue weighted by atomic mass is 14.9. The number of hydrogen-bond acceptors (Lipinski definition) is 0. The lowest BCUT2D eigenvalue weighted by atomic mass is 9.60. The number of benzene rings is 4. The Kier molecular flexibility index (Phi) is 4.60. The van der Waals surface area contributed by atoms with Gasteiger partial charge in [-0.25, -0.2) is 4.57 Å². The van der Waals surface area contributed by atoms with Crippen LogP contribution in [-0.2, 0) is 7.05 Å². The summed E-state index contributed by atoms with van der Waals surface area (Å²) in [6, 6.07) is 34.4. The van der Waals surface area contributed by atoms with Crippen molar-refractivity contribution in [3.63, 3.8) is 0 Å². The maximum atomic E-state index is 2.50. The standard InChI is InChI=1S/C35H30N/c1-21-13-14-28-30(17-21)35-27-12-8-7-11-26(27)34(28)32-20-29(23(3)18-31(32)35)24-15-16-36(4)33(19-24)25-10-6-5-9-22(25)2/h5-20,34-35H,1-4H3/q+1. The van der Waals surface area contributed by atoms with Gasteiger partial charge in [0, 0.05) is 29.5 Å². The first kappa shape index (κ1) is 21.3. The van der Waals surface area contributed by atoms with Crippen LogP contribution in [0.3, 0.4) is 0 Å². The van der Waals surface area contributed by atoms with Gasteiger partial charge in [0.15, 0.2) is 6.20 Å². The van der Waals surface area contributed by atoms with Crippen LogP contribution in [0.1, 0.15) is 61.9 Å². The zero-order chi connectivity index (χ0) is 24.6. The molecule has 3 aliphatic carbocycles. The summed E-state index contributed by atoms with van der Waals surface area (Å²) in [5, 5.41) is 0. The minimum absolute atomic E-state index is 0.298. The minimum atomic E-state index is 0.298. The number of hydrogen-bond donors (Lipinski definition) is 0. The maximum absolute atomic E-state index is 2.50. The molecule has 1 nitrogen and oxygen atoms in total. The summed E-state index contributed by atoms with van der Waals surface area (Å²) in [5.41, 5.74) is 18.0. The van der Waals surface area contributed by atoms with Crippen molar-refractivity contribution in [3.8, 4) is 22.4 Å². The average molecular weight is 465 g/mol. The smallest absolute Gasteiger partial charge is 0.201 e. The van der Waals surface area contributed by atoms with Crippen LogP contribution in [-0.4, -0.2) is 0 Å². The Morgan fingerprint density at radius 1 is 0.528 bits per heavy atom. The Morgan fingerprint density at radius 3 is 1.94 bits per heavy atom. The average Bonchev–Trinajstić information content (AvgIpc) is 2.89. The molecule has 3 aliphatic rings. The predicted octanol–water partition coefficient (Wildman–Crippen LogP) is 7.76. The van der Waals surface area contributed by atoms with Crippen molar-refractivity contribution in [2.24, 2.45) is 7.05 Å². The Balaban J connectivity index is 1.44. The van der Waals surface area contributed by atoms with Crippen molar-refractivity contribution in [2.45, 2.75) is 32.6 Å². The molecular formula is C35H30N+. The minimum Gasteiger partial charge on any atom is -0.201 e. The molecule has 1 heteroatoms. The van der Waals surface area contributed by atoms with Crippen LogP contribution in [0.15, 0.2) is 97.2 Å². The van der Waals surface area contributed by atoms with Gasteiger partial charge in [-0.3, -0.25) is 0 Å². The topological polar surface area (TPSA) is 3.88 Å². The van der Waals surface area contributed by atoms with Crippen LogP contribution in [0, 0.1) is 20.8 Å². The van der Waals surface area contributed by atoms with Gasteiger partial charge in [-0.15, -0.1) is 0 Å². The highest BCUT2D eigenvalue weighted by Gasteiger charge is 2.41. The van der Waals surface area contributed by atoms with Crippen LogP contribution < -0.4 is 4.57 Å². The summed E-state index contributed by atoms with van der Waals surface area (Å²) >= 11 is 0. The summed E-state index contributed by atoms with van der Waals surface area (Å²) in [7, 11) is 2.14. The summed E-state index contributed by atoms with van der Waals surface area (Å²) in [4.78, 5) is 0. The lowest BCUT2D eigenvalue weighted by Crippen LogP contribution is -2.30. The summed E-state index contributed by atoms with van der Waals surface area (Å²) in [6.45, 7) is 6.69.